The number of carbonyl (C=O) groups is 1. The molecule has 7 heteroatoms. The Bertz CT molecular complexity index is 1150. The monoisotopic (exact) mass is 396 g/mol. The third kappa shape index (κ3) is 4.08. The van der Waals surface area contributed by atoms with Crippen LogP contribution in [0, 0.1) is 0 Å². The fourth-order valence-electron chi connectivity index (χ4n) is 3.12. The minimum atomic E-state index is -4.76. The van der Waals surface area contributed by atoms with Gasteiger partial charge in [0.05, 0.1) is 5.52 Å². The average Bonchev–Trinajstić information content (AvgIpc) is 3.09. The van der Waals surface area contributed by atoms with Crippen molar-refractivity contribution in [3.05, 3.63) is 85.1 Å². The number of anilines is 1. The molecule has 4 nitrogen and oxygen atoms in total. The van der Waals surface area contributed by atoms with Gasteiger partial charge in [0.2, 0.25) is 0 Å². The zero-order valence-corrected chi connectivity index (χ0v) is 15.0. The van der Waals surface area contributed by atoms with Gasteiger partial charge in [-0.3, -0.25) is 4.57 Å². The summed E-state index contributed by atoms with van der Waals surface area (Å²) >= 11 is 0. The molecule has 0 fully saturated rings. The minimum absolute atomic E-state index is 0.351. The van der Waals surface area contributed by atoms with E-state index in [-0.39, 0.29) is 5.75 Å². The van der Waals surface area contributed by atoms with Gasteiger partial charge in [0.25, 0.3) is 0 Å². The first kappa shape index (κ1) is 18.6. The molecule has 1 N–H and O–H groups in total. The Morgan fingerprint density at radius 2 is 1.52 bits per heavy atom. The summed E-state index contributed by atoms with van der Waals surface area (Å²) in [5, 5.41) is 3.61. The Labute approximate surface area is 164 Å². The molecule has 0 unspecified atom stereocenters. The van der Waals surface area contributed by atoms with Gasteiger partial charge in [-0.25, -0.2) is 4.79 Å². The number of halogens is 3. The van der Waals surface area contributed by atoms with Crippen LogP contribution in [-0.4, -0.2) is 17.0 Å². The van der Waals surface area contributed by atoms with Crippen molar-refractivity contribution in [2.75, 3.05) is 5.32 Å². The lowest BCUT2D eigenvalue weighted by atomic mass is 10.1. The highest BCUT2D eigenvalue weighted by atomic mass is 19.4. The van der Waals surface area contributed by atoms with Crippen LogP contribution in [-0.2, 0) is 0 Å². The Balaban J connectivity index is 1.63. The molecule has 29 heavy (non-hydrogen) atoms. The third-order valence-corrected chi connectivity index (χ3v) is 4.35. The molecular weight excluding hydrogens is 381 g/mol. The van der Waals surface area contributed by atoms with Crippen molar-refractivity contribution in [2.24, 2.45) is 0 Å². The van der Waals surface area contributed by atoms with Crippen LogP contribution in [0.15, 0.2) is 85.1 Å². The maximum Gasteiger partial charge on any atom is 0.573 e. The molecule has 0 saturated heterocycles. The molecule has 1 heterocycles. The van der Waals surface area contributed by atoms with E-state index in [0.717, 1.165) is 34.2 Å². The molecule has 146 valence electrons. The summed E-state index contributed by atoms with van der Waals surface area (Å²) in [7, 11) is 0. The Morgan fingerprint density at radius 3 is 2.21 bits per heavy atom. The third-order valence-electron chi connectivity index (χ3n) is 4.35. The van der Waals surface area contributed by atoms with E-state index in [1.807, 2.05) is 54.6 Å². The Kier molecular flexibility index (Phi) is 4.72. The predicted octanol–water partition coefficient (Wildman–Crippen LogP) is 6.29. The molecule has 1 amide bonds. The normalized spacial score (nSPS) is 11.4. The second-order valence-corrected chi connectivity index (χ2v) is 6.30. The van der Waals surface area contributed by atoms with Crippen LogP contribution in [0.5, 0.6) is 5.75 Å². The molecule has 0 saturated carbocycles. The number of hydrogen-bond acceptors (Lipinski definition) is 2. The van der Waals surface area contributed by atoms with Gasteiger partial charge in [-0.2, -0.15) is 0 Å². The Hall–Kier alpha value is -3.74. The zero-order chi connectivity index (χ0) is 20.4. The number of amides is 1. The van der Waals surface area contributed by atoms with Crippen molar-refractivity contribution in [1.82, 2.24) is 4.57 Å². The highest BCUT2D eigenvalue weighted by Gasteiger charge is 2.31. The van der Waals surface area contributed by atoms with Crippen LogP contribution in [0.2, 0.25) is 0 Å². The summed E-state index contributed by atoms with van der Waals surface area (Å²) in [6, 6.07) is 21.8. The first-order valence-electron chi connectivity index (χ1n) is 8.73. The highest BCUT2D eigenvalue weighted by molar-refractivity contribution is 6.04. The number of ether oxygens (including phenoxy) is 1. The second kappa shape index (κ2) is 7.35. The van der Waals surface area contributed by atoms with E-state index < -0.39 is 12.4 Å². The van der Waals surface area contributed by atoms with Crippen LogP contribution in [0.25, 0.3) is 22.0 Å². The van der Waals surface area contributed by atoms with Crippen LogP contribution in [0.4, 0.5) is 23.7 Å². The van der Waals surface area contributed by atoms with Gasteiger partial charge in [0.1, 0.15) is 5.75 Å². The van der Waals surface area contributed by atoms with E-state index in [0.29, 0.717) is 5.69 Å². The van der Waals surface area contributed by atoms with E-state index >= 15 is 0 Å². The maximum atomic E-state index is 12.8. The van der Waals surface area contributed by atoms with Crippen molar-refractivity contribution < 1.29 is 22.7 Å². The molecule has 1 aromatic heterocycles. The molecule has 0 aliphatic heterocycles. The summed E-state index contributed by atoms with van der Waals surface area (Å²) in [5.41, 5.74) is 2.96. The van der Waals surface area contributed by atoms with E-state index in [1.54, 1.807) is 6.20 Å². The first-order valence-corrected chi connectivity index (χ1v) is 8.73. The van der Waals surface area contributed by atoms with Crippen molar-refractivity contribution >= 4 is 22.6 Å². The molecule has 0 aliphatic carbocycles. The summed E-state index contributed by atoms with van der Waals surface area (Å²) in [5.74, 6) is -0.353. The van der Waals surface area contributed by atoms with Gasteiger partial charge in [-0.05, 0) is 35.9 Å². The number of benzene rings is 3. The number of fused-ring (bicyclic) bond motifs is 1. The van der Waals surface area contributed by atoms with Gasteiger partial charge in [-0.1, -0.05) is 48.5 Å². The molecule has 4 rings (SSSR count). The van der Waals surface area contributed by atoms with Crippen molar-refractivity contribution in [2.45, 2.75) is 6.36 Å². The first-order chi connectivity index (χ1) is 13.9. The number of hydrogen-bond donors (Lipinski definition) is 1. The molecule has 4 aromatic rings. The van der Waals surface area contributed by atoms with Gasteiger partial charge in [0.15, 0.2) is 0 Å². The van der Waals surface area contributed by atoms with Crippen molar-refractivity contribution in [1.29, 1.82) is 0 Å². The van der Waals surface area contributed by atoms with E-state index in [9.17, 15) is 18.0 Å². The molecule has 0 aliphatic rings. The topological polar surface area (TPSA) is 43.3 Å². The fourth-order valence-corrected chi connectivity index (χ4v) is 3.12. The van der Waals surface area contributed by atoms with Crippen molar-refractivity contribution in [3.8, 4) is 16.9 Å². The largest absolute Gasteiger partial charge is 0.573 e. The van der Waals surface area contributed by atoms with Crippen LogP contribution in [0.1, 0.15) is 0 Å². The van der Waals surface area contributed by atoms with E-state index in [2.05, 4.69) is 10.1 Å². The van der Waals surface area contributed by atoms with Gasteiger partial charge < -0.3 is 10.1 Å². The molecule has 0 radical (unpaired) electrons. The highest BCUT2D eigenvalue weighted by Crippen LogP contribution is 2.31. The number of nitrogens with one attached hydrogen (secondary N) is 1. The number of carbonyl (C=O) groups excluding carboxylic acids is 1. The van der Waals surface area contributed by atoms with Gasteiger partial charge in [-0.15, -0.1) is 13.2 Å². The Morgan fingerprint density at radius 1 is 0.862 bits per heavy atom. The van der Waals surface area contributed by atoms with E-state index in [1.165, 1.54) is 16.7 Å². The lowest BCUT2D eigenvalue weighted by Crippen LogP contribution is -2.19. The van der Waals surface area contributed by atoms with Gasteiger partial charge in [0, 0.05) is 22.8 Å². The fraction of sp³-hybridized carbons (Fsp3) is 0.0455. The standard InChI is InChI=1S/C22H15F3N2O2/c23-22(24,25)29-17-12-10-16(11-13-17)26-21(28)27-14-19(15-6-2-1-3-7-15)18-8-4-5-9-20(18)27/h1-14H,(H,26,28). The van der Waals surface area contributed by atoms with Crippen LogP contribution >= 0.6 is 0 Å². The quantitative estimate of drug-likeness (QED) is 0.442. The van der Waals surface area contributed by atoms with Gasteiger partial charge >= 0.3 is 12.4 Å². The minimum Gasteiger partial charge on any atom is -0.406 e. The molecular formula is C22H15F3N2O2. The summed E-state index contributed by atoms with van der Waals surface area (Å²) in [6.45, 7) is 0. The number of nitrogens with zero attached hydrogens (tertiary/aromatic N) is 1. The number of rotatable bonds is 3. The lowest BCUT2D eigenvalue weighted by Gasteiger charge is -2.10. The number of alkyl halides is 3. The van der Waals surface area contributed by atoms with Crippen LogP contribution < -0.4 is 10.1 Å². The summed E-state index contributed by atoms with van der Waals surface area (Å²) in [6.07, 6.45) is -3.01. The molecule has 0 bridgehead atoms. The second-order valence-electron chi connectivity index (χ2n) is 6.30. The number of aromatic nitrogens is 1. The van der Waals surface area contributed by atoms with E-state index in [4.69, 9.17) is 0 Å². The predicted molar refractivity (Wildman–Crippen MR) is 105 cm³/mol. The molecule has 0 atom stereocenters. The summed E-state index contributed by atoms with van der Waals surface area (Å²) in [4.78, 5) is 12.8. The SMILES string of the molecule is O=C(Nc1ccc(OC(F)(F)F)cc1)n1cc(-c2ccccc2)c2ccccc21. The van der Waals surface area contributed by atoms with Crippen molar-refractivity contribution in [3.63, 3.8) is 0 Å². The number of para-hydroxylation sites is 1. The average molecular weight is 396 g/mol. The summed E-state index contributed by atoms with van der Waals surface area (Å²) < 4.78 is 42.1. The molecule has 0 spiro atoms. The maximum absolute atomic E-state index is 12.8. The zero-order valence-electron chi connectivity index (χ0n) is 15.0. The lowest BCUT2D eigenvalue weighted by molar-refractivity contribution is -0.274. The van der Waals surface area contributed by atoms with Crippen LogP contribution in [0.3, 0.4) is 0 Å². The molecule has 3 aromatic carbocycles. The smallest absolute Gasteiger partial charge is 0.406 e.